The van der Waals surface area contributed by atoms with Crippen molar-refractivity contribution in [2.45, 2.75) is 13.5 Å². The summed E-state index contributed by atoms with van der Waals surface area (Å²) in [7, 11) is 0. The first-order valence-electron chi connectivity index (χ1n) is 9.77. The van der Waals surface area contributed by atoms with E-state index >= 15 is 0 Å². The normalized spacial score (nSPS) is 13.2. The standard InChI is InChI=1S/C23H21N3O4S/c1-3-11-26-19(16-7-10-20-18(12-16)25-21(27)13-30-20)14-31-23(26)24-17-8-5-15(6-9-17)22(28)29-4-2/h3,5-10,12,14H,1,4,11,13H2,2H3,(H,25,27). The molecule has 2 aromatic carbocycles. The fourth-order valence-electron chi connectivity index (χ4n) is 3.19. The lowest BCUT2D eigenvalue weighted by Crippen LogP contribution is -2.25. The maximum atomic E-state index is 11.8. The van der Waals surface area contributed by atoms with E-state index in [2.05, 4.69) is 11.9 Å². The number of ether oxygens (including phenoxy) is 2. The van der Waals surface area contributed by atoms with E-state index in [0.29, 0.717) is 30.2 Å². The van der Waals surface area contributed by atoms with Gasteiger partial charge in [-0.15, -0.1) is 17.9 Å². The van der Waals surface area contributed by atoms with Crippen LogP contribution in [0.25, 0.3) is 11.3 Å². The molecule has 1 aliphatic heterocycles. The molecule has 0 radical (unpaired) electrons. The van der Waals surface area contributed by atoms with Gasteiger partial charge in [-0.05, 0) is 49.4 Å². The van der Waals surface area contributed by atoms with Gasteiger partial charge in [0.05, 0.1) is 29.2 Å². The first-order valence-corrected chi connectivity index (χ1v) is 10.6. The maximum Gasteiger partial charge on any atom is 0.338 e. The molecule has 1 aliphatic rings. The molecule has 0 spiro atoms. The van der Waals surface area contributed by atoms with E-state index in [1.165, 1.54) is 11.3 Å². The van der Waals surface area contributed by atoms with Crippen molar-refractivity contribution in [3.05, 3.63) is 70.9 Å². The second kappa shape index (κ2) is 9.01. The Kier molecular flexibility index (Phi) is 5.99. The fourth-order valence-corrected chi connectivity index (χ4v) is 4.13. The number of allylic oxidation sites excluding steroid dienone is 1. The molecule has 8 heteroatoms. The summed E-state index contributed by atoms with van der Waals surface area (Å²) in [5.74, 6) is 0.133. The zero-order valence-corrected chi connectivity index (χ0v) is 17.8. The van der Waals surface area contributed by atoms with Crippen molar-refractivity contribution in [2.24, 2.45) is 4.99 Å². The van der Waals surface area contributed by atoms with E-state index < -0.39 is 0 Å². The molecular formula is C23H21N3O4S. The van der Waals surface area contributed by atoms with Gasteiger partial charge in [-0.2, -0.15) is 0 Å². The number of fused-ring (bicyclic) bond motifs is 1. The molecule has 1 N–H and O–H groups in total. The monoisotopic (exact) mass is 435 g/mol. The molecule has 0 saturated carbocycles. The number of esters is 1. The number of carbonyl (C=O) groups excluding carboxylic acids is 2. The van der Waals surface area contributed by atoms with Crippen LogP contribution in [-0.2, 0) is 16.1 Å². The van der Waals surface area contributed by atoms with Crippen LogP contribution in [0, 0.1) is 0 Å². The van der Waals surface area contributed by atoms with Gasteiger partial charge in [-0.3, -0.25) is 4.79 Å². The molecule has 158 valence electrons. The van der Waals surface area contributed by atoms with Gasteiger partial charge in [0.25, 0.3) is 5.91 Å². The summed E-state index contributed by atoms with van der Waals surface area (Å²) in [4.78, 5) is 29.0. The first-order chi connectivity index (χ1) is 15.1. The van der Waals surface area contributed by atoms with Crippen molar-refractivity contribution in [1.82, 2.24) is 4.57 Å². The lowest BCUT2D eigenvalue weighted by molar-refractivity contribution is -0.118. The van der Waals surface area contributed by atoms with Crippen LogP contribution in [0.4, 0.5) is 11.4 Å². The van der Waals surface area contributed by atoms with Crippen LogP contribution in [0.3, 0.4) is 0 Å². The zero-order valence-electron chi connectivity index (χ0n) is 17.0. The predicted molar refractivity (Wildman–Crippen MR) is 120 cm³/mol. The molecule has 3 aromatic rings. The summed E-state index contributed by atoms with van der Waals surface area (Å²) in [6.45, 7) is 6.57. The fraction of sp³-hybridized carbons (Fsp3) is 0.174. The summed E-state index contributed by atoms with van der Waals surface area (Å²) in [5.41, 5.74) is 3.75. The minimum Gasteiger partial charge on any atom is -0.482 e. The Balaban J connectivity index is 1.70. The van der Waals surface area contributed by atoms with Crippen molar-refractivity contribution < 1.29 is 19.1 Å². The Labute approximate surface area is 183 Å². The van der Waals surface area contributed by atoms with Crippen molar-refractivity contribution in [2.75, 3.05) is 18.5 Å². The van der Waals surface area contributed by atoms with Gasteiger partial charge in [0.1, 0.15) is 5.75 Å². The van der Waals surface area contributed by atoms with Crippen LogP contribution in [0.5, 0.6) is 5.75 Å². The number of thiazole rings is 1. The lowest BCUT2D eigenvalue weighted by atomic mass is 10.1. The molecular weight excluding hydrogens is 414 g/mol. The highest BCUT2D eigenvalue weighted by Crippen LogP contribution is 2.33. The molecule has 1 amide bonds. The third-order valence-corrected chi connectivity index (χ3v) is 5.48. The quantitative estimate of drug-likeness (QED) is 0.466. The molecule has 1 aromatic heterocycles. The number of benzene rings is 2. The van der Waals surface area contributed by atoms with Crippen LogP contribution >= 0.6 is 11.3 Å². The van der Waals surface area contributed by atoms with Gasteiger partial charge in [0.15, 0.2) is 11.4 Å². The number of aromatic nitrogens is 1. The number of hydrogen-bond donors (Lipinski definition) is 1. The van der Waals surface area contributed by atoms with E-state index in [9.17, 15) is 9.59 Å². The minimum absolute atomic E-state index is 0.0270. The second-order valence-electron chi connectivity index (χ2n) is 6.73. The van der Waals surface area contributed by atoms with Crippen molar-refractivity contribution >= 4 is 34.6 Å². The van der Waals surface area contributed by atoms with Crippen LogP contribution in [0.15, 0.2) is 65.5 Å². The molecule has 0 bridgehead atoms. The summed E-state index contributed by atoms with van der Waals surface area (Å²) in [6, 6.07) is 12.7. The van der Waals surface area contributed by atoms with Gasteiger partial charge in [-0.1, -0.05) is 6.08 Å². The van der Waals surface area contributed by atoms with E-state index in [0.717, 1.165) is 21.7 Å². The Morgan fingerprint density at radius 1 is 1.32 bits per heavy atom. The Morgan fingerprint density at radius 2 is 2.13 bits per heavy atom. The average Bonchev–Trinajstić information content (AvgIpc) is 3.16. The third kappa shape index (κ3) is 4.44. The van der Waals surface area contributed by atoms with Crippen molar-refractivity contribution in [1.29, 1.82) is 0 Å². The molecule has 0 atom stereocenters. The van der Waals surface area contributed by atoms with E-state index in [-0.39, 0.29) is 18.5 Å². The molecule has 7 nitrogen and oxygen atoms in total. The van der Waals surface area contributed by atoms with Crippen LogP contribution in [0.2, 0.25) is 0 Å². The van der Waals surface area contributed by atoms with Gasteiger partial charge in [-0.25, -0.2) is 9.79 Å². The molecule has 0 saturated heterocycles. The van der Waals surface area contributed by atoms with E-state index in [1.807, 2.05) is 34.2 Å². The Morgan fingerprint density at radius 3 is 2.87 bits per heavy atom. The summed E-state index contributed by atoms with van der Waals surface area (Å²) >= 11 is 1.50. The van der Waals surface area contributed by atoms with Crippen LogP contribution < -0.4 is 14.9 Å². The van der Waals surface area contributed by atoms with Gasteiger partial charge < -0.3 is 19.4 Å². The highest BCUT2D eigenvalue weighted by atomic mass is 32.1. The number of hydrogen-bond acceptors (Lipinski definition) is 6. The summed E-state index contributed by atoms with van der Waals surface area (Å²) in [6.07, 6.45) is 1.81. The smallest absolute Gasteiger partial charge is 0.338 e. The molecule has 2 heterocycles. The number of nitrogens with one attached hydrogen (secondary N) is 1. The van der Waals surface area contributed by atoms with Crippen LogP contribution in [0.1, 0.15) is 17.3 Å². The third-order valence-electron chi connectivity index (χ3n) is 4.62. The first kappa shape index (κ1) is 20.6. The Bertz CT molecular complexity index is 1210. The number of nitrogens with zero attached hydrogens (tertiary/aromatic N) is 2. The van der Waals surface area contributed by atoms with E-state index in [4.69, 9.17) is 14.5 Å². The number of rotatable bonds is 6. The SMILES string of the molecule is C=CCn1c(-c2ccc3c(c2)NC(=O)CO3)csc1=Nc1ccc(C(=O)OCC)cc1. The maximum absolute atomic E-state index is 11.8. The van der Waals surface area contributed by atoms with Gasteiger partial charge in [0.2, 0.25) is 0 Å². The largest absolute Gasteiger partial charge is 0.482 e. The minimum atomic E-state index is -0.349. The molecule has 0 aliphatic carbocycles. The van der Waals surface area contributed by atoms with Crippen molar-refractivity contribution in [3.63, 3.8) is 0 Å². The zero-order chi connectivity index (χ0) is 21.8. The molecule has 0 unspecified atom stereocenters. The highest BCUT2D eigenvalue weighted by Gasteiger charge is 2.17. The number of carbonyl (C=O) groups is 2. The van der Waals surface area contributed by atoms with Crippen LogP contribution in [-0.4, -0.2) is 29.7 Å². The number of amides is 1. The number of anilines is 1. The molecule has 4 rings (SSSR count). The topological polar surface area (TPSA) is 81.9 Å². The van der Waals surface area contributed by atoms with Gasteiger partial charge in [0, 0.05) is 17.5 Å². The summed E-state index contributed by atoms with van der Waals surface area (Å²) < 4.78 is 12.5. The molecule has 0 fully saturated rings. The van der Waals surface area contributed by atoms with Gasteiger partial charge >= 0.3 is 5.97 Å². The second-order valence-corrected chi connectivity index (χ2v) is 7.57. The van der Waals surface area contributed by atoms with E-state index in [1.54, 1.807) is 31.2 Å². The molecule has 31 heavy (non-hydrogen) atoms. The Hall–Kier alpha value is -3.65. The van der Waals surface area contributed by atoms with Crippen molar-refractivity contribution in [3.8, 4) is 17.0 Å². The highest BCUT2D eigenvalue weighted by molar-refractivity contribution is 7.07. The summed E-state index contributed by atoms with van der Waals surface area (Å²) in [5, 5.41) is 4.86. The average molecular weight is 436 g/mol. The lowest BCUT2D eigenvalue weighted by Gasteiger charge is -2.18. The predicted octanol–water partition coefficient (Wildman–Crippen LogP) is 4.14.